The average Bonchev–Trinajstić information content (AvgIpc) is 2.89. The van der Waals surface area contributed by atoms with Crippen molar-refractivity contribution < 1.29 is 12.8 Å². The van der Waals surface area contributed by atoms with Crippen LogP contribution in [0.3, 0.4) is 0 Å². The van der Waals surface area contributed by atoms with Crippen LogP contribution in [-0.2, 0) is 9.84 Å². The molecule has 1 saturated heterocycles. The molecule has 1 aliphatic heterocycles. The number of nitriles is 1. The minimum atomic E-state index is -4.04. The average molecular weight is 502 g/mol. The van der Waals surface area contributed by atoms with Gasteiger partial charge >= 0.3 is 0 Å². The van der Waals surface area contributed by atoms with Gasteiger partial charge < -0.3 is 9.80 Å². The fourth-order valence-corrected chi connectivity index (χ4v) is 5.76. The van der Waals surface area contributed by atoms with E-state index in [4.69, 9.17) is 4.98 Å². The van der Waals surface area contributed by atoms with Gasteiger partial charge in [0.2, 0.25) is 9.84 Å². The molecule has 0 N–H and O–H groups in total. The standard InChI is InChI=1S/C27H24FN5O2S/c1-19-6-12-22(13-7-19)36(34,35)25(18-29)26-27(31-24-5-3-2-4-23(24)30-26)33-16-14-32(15-17-33)21-10-8-20(28)9-11-21/h2-13,25H,14-17H2,1H3. The highest BCUT2D eigenvalue weighted by Gasteiger charge is 2.35. The van der Waals surface area contributed by atoms with Gasteiger partial charge in [-0.3, -0.25) is 0 Å². The lowest BCUT2D eigenvalue weighted by atomic mass is 10.2. The number of rotatable bonds is 5. The smallest absolute Gasteiger partial charge is 0.200 e. The molecule has 182 valence electrons. The summed E-state index contributed by atoms with van der Waals surface area (Å²) in [7, 11) is -4.04. The second-order valence-corrected chi connectivity index (χ2v) is 10.8. The van der Waals surface area contributed by atoms with E-state index in [0.717, 1.165) is 11.3 Å². The largest absolute Gasteiger partial charge is 0.368 e. The predicted octanol–water partition coefficient (Wildman–Crippen LogP) is 4.44. The number of aryl methyl sites for hydroxylation is 1. The molecule has 0 radical (unpaired) electrons. The highest BCUT2D eigenvalue weighted by Crippen LogP contribution is 2.34. The number of hydrogen-bond acceptors (Lipinski definition) is 7. The lowest BCUT2D eigenvalue weighted by Gasteiger charge is -2.37. The van der Waals surface area contributed by atoms with Crippen molar-refractivity contribution in [3.63, 3.8) is 0 Å². The van der Waals surface area contributed by atoms with Gasteiger partial charge in [-0.15, -0.1) is 0 Å². The zero-order chi connectivity index (χ0) is 25.3. The molecular weight excluding hydrogens is 477 g/mol. The summed E-state index contributed by atoms with van der Waals surface area (Å²) in [5.74, 6) is 0.112. The minimum absolute atomic E-state index is 0.0710. The van der Waals surface area contributed by atoms with E-state index >= 15 is 0 Å². The van der Waals surface area contributed by atoms with Gasteiger partial charge in [-0.05, 0) is 55.5 Å². The van der Waals surface area contributed by atoms with Gasteiger partial charge in [0.15, 0.2) is 11.1 Å². The number of benzene rings is 3. The minimum Gasteiger partial charge on any atom is -0.368 e. The molecule has 9 heteroatoms. The van der Waals surface area contributed by atoms with Crippen LogP contribution < -0.4 is 9.80 Å². The molecule has 1 fully saturated rings. The van der Waals surface area contributed by atoms with Crippen molar-refractivity contribution in [3.8, 4) is 6.07 Å². The van der Waals surface area contributed by atoms with Gasteiger partial charge in [0, 0.05) is 31.9 Å². The Balaban J connectivity index is 1.53. The quantitative estimate of drug-likeness (QED) is 0.399. The van der Waals surface area contributed by atoms with Crippen LogP contribution in [0, 0.1) is 24.1 Å². The topological polar surface area (TPSA) is 90.2 Å². The first-order valence-electron chi connectivity index (χ1n) is 11.6. The lowest BCUT2D eigenvalue weighted by molar-refractivity contribution is 0.589. The summed E-state index contributed by atoms with van der Waals surface area (Å²) in [6, 6.07) is 22.0. The van der Waals surface area contributed by atoms with E-state index in [1.807, 2.05) is 30.0 Å². The molecule has 3 aromatic carbocycles. The summed E-state index contributed by atoms with van der Waals surface area (Å²) in [6.07, 6.45) is 0. The Morgan fingerprint density at radius 1 is 0.861 bits per heavy atom. The molecule has 0 spiro atoms. The van der Waals surface area contributed by atoms with Gasteiger partial charge in [0.25, 0.3) is 0 Å². The van der Waals surface area contributed by atoms with Crippen LogP contribution in [0.25, 0.3) is 11.0 Å². The Morgan fingerprint density at radius 2 is 1.44 bits per heavy atom. The molecule has 1 aromatic heterocycles. The van der Waals surface area contributed by atoms with Crippen LogP contribution in [0.1, 0.15) is 16.5 Å². The van der Waals surface area contributed by atoms with Crippen LogP contribution in [0.15, 0.2) is 77.7 Å². The normalized spacial score (nSPS) is 15.0. The fourth-order valence-electron chi connectivity index (χ4n) is 4.38. The molecule has 4 aromatic rings. The van der Waals surface area contributed by atoms with E-state index < -0.39 is 15.1 Å². The van der Waals surface area contributed by atoms with Gasteiger partial charge in [-0.1, -0.05) is 29.8 Å². The van der Waals surface area contributed by atoms with E-state index in [9.17, 15) is 18.1 Å². The number of fused-ring (bicyclic) bond motifs is 1. The molecule has 1 atom stereocenters. The zero-order valence-electron chi connectivity index (χ0n) is 19.7. The maximum absolute atomic E-state index is 13.6. The molecule has 7 nitrogen and oxygen atoms in total. The van der Waals surface area contributed by atoms with Gasteiger partial charge in [-0.2, -0.15) is 5.26 Å². The van der Waals surface area contributed by atoms with Crippen molar-refractivity contribution in [1.29, 1.82) is 5.26 Å². The second kappa shape index (κ2) is 9.55. The molecule has 5 rings (SSSR count). The van der Waals surface area contributed by atoms with Crippen molar-refractivity contribution in [2.75, 3.05) is 36.0 Å². The molecule has 36 heavy (non-hydrogen) atoms. The monoisotopic (exact) mass is 501 g/mol. The molecule has 2 heterocycles. The Kier molecular flexibility index (Phi) is 6.29. The van der Waals surface area contributed by atoms with Crippen molar-refractivity contribution in [2.45, 2.75) is 17.1 Å². The molecule has 1 unspecified atom stereocenters. The number of nitrogens with zero attached hydrogens (tertiary/aromatic N) is 5. The Hall–Kier alpha value is -4.03. The Labute approximate surface area is 209 Å². The van der Waals surface area contributed by atoms with Crippen LogP contribution in [0.5, 0.6) is 0 Å². The summed E-state index contributed by atoms with van der Waals surface area (Å²) in [6.45, 7) is 4.21. The van der Waals surface area contributed by atoms with Crippen molar-refractivity contribution >= 4 is 32.4 Å². The number of aromatic nitrogens is 2. The lowest BCUT2D eigenvalue weighted by Crippen LogP contribution is -2.47. The van der Waals surface area contributed by atoms with Crippen LogP contribution >= 0.6 is 0 Å². The zero-order valence-corrected chi connectivity index (χ0v) is 20.5. The molecule has 1 aliphatic rings. The Bertz CT molecular complexity index is 1540. The van der Waals surface area contributed by atoms with E-state index in [0.29, 0.717) is 43.0 Å². The molecule has 0 bridgehead atoms. The third-order valence-corrected chi connectivity index (χ3v) is 8.25. The summed E-state index contributed by atoms with van der Waals surface area (Å²) in [5, 5.41) is 8.57. The van der Waals surface area contributed by atoms with E-state index in [2.05, 4.69) is 9.88 Å². The predicted molar refractivity (Wildman–Crippen MR) is 137 cm³/mol. The number of sulfone groups is 1. The van der Waals surface area contributed by atoms with Crippen molar-refractivity contribution in [2.24, 2.45) is 0 Å². The van der Waals surface area contributed by atoms with Gasteiger partial charge in [0.1, 0.15) is 11.5 Å². The maximum atomic E-state index is 13.6. The third-order valence-electron chi connectivity index (χ3n) is 6.37. The van der Waals surface area contributed by atoms with Gasteiger partial charge in [-0.25, -0.2) is 22.8 Å². The van der Waals surface area contributed by atoms with Crippen molar-refractivity contribution in [3.05, 3.63) is 89.9 Å². The molecule has 0 aliphatic carbocycles. The second-order valence-electron chi connectivity index (χ2n) is 8.74. The highest BCUT2D eigenvalue weighted by molar-refractivity contribution is 7.92. The highest BCUT2D eigenvalue weighted by atomic mass is 32.2. The number of halogens is 1. The number of para-hydroxylation sites is 2. The summed E-state index contributed by atoms with van der Waals surface area (Å²) >= 11 is 0. The first-order valence-corrected chi connectivity index (χ1v) is 13.1. The first-order chi connectivity index (χ1) is 17.4. The van der Waals surface area contributed by atoms with E-state index in [-0.39, 0.29) is 16.4 Å². The first kappa shape index (κ1) is 23.7. The number of anilines is 2. The van der Waals surface area contributed by atoms with Crippen LogP contribution in [-0.4, -0.2) is 44.6 Å². The van der Waals surface area contributed by atoms with E-state index in [1.165, 1.54) is 24.3 Å². The molecular formula is C27H24FN5O2S. The molecule has 0 saturated carbocycles. The fraction of sp³-hybridized carbons (Fsp3) is 0.222. The summed E-state index contributed by atoms with van der Waals surface area (Å²) in [4.78, 5) is 13.6. The van der Waals surface area contributed by atoms with Gasteiger partial charge in [0.05, 0.1) is 22.0 Å². The number of piperazine rings is 1. The summed E-state index contributed by atoms with van der Waals surface area (Å²) in [5.41, 5.74) is 3.12. The van der Waals surface area contributed by atoms with Crippen LogP contribution in [0.4, 0.5) is 15.9 Å². The summed E-state index contributed by atoms with van der Waals surface area (Å²) < 4.78 is 40.5. The number of hydrogen-bond donors (Lipinski definition) is 0. The van der Waals surface area contributed by atoms with E-state index in [1.54, 1.807) is 36.4 Å². The Morgan fingerprint density at radius 3 is 2.06 bits per heavy atom. The van der Waals surface area contributed by atoms with Crippen LogP contribution in [0.2, 0.25) is 0 Å². The molecule has 0 amide bonds. The maximum Gasteiger partial charge on any atom is 0.200 e. The SMILES string of the molecule is Cc1ccc(S(=O)(=O)C(C#N)c2nc3ccccc3nc2N2CCN(c3ccc(F)cc3)CC2)cc1. The van der Waals surface area contributed by atoms with Crippen molar-refractivity contribution in [1.82, 2.24) is 9.97 Å². The third kappa shape index (κ3) is 4.48.